The summed E-state index contributed by atoms with van der Waals surface area (Å²) in [4.78, 5) is 21.2. The van der Waals surface area contributed by atoms with Gasteiger partial charge in [-0.1, -0.05) is 12.1 Å². The summed E-state index contributed by atoms with van der Waals surface area (Å²) in [5, 5.41) is 17.7. The molecule has 14 heavy (non-hydrogen) atoms. The second-order valence-corrected chi connectivity index (χ2v) is 2.73. The number of aliphatic carboxylic acids is 1. The van der Waals surface area contributed by atoms with Crippen LogP contribution in [-0.2, 0) is 4.79 Å². The smallest absolute Gasteiger partial charge is 0.337 e. The fourth-order valence-electron chi connectivity index (χ4n) is 1.00. The van der Waals surface area contributed by atoms with Crippen LogP contribution in [0.15, 0.2) is 24.3 Å². The molecule has 0 aliphatic heterocycles. The molecule has 0 radical (unpaired) electrons. The van der Waals surface area contributed by atoms with Crippen molar-refractivity contribution in [2.75, 3.05) is 0 Å². The molecule has 1 aromatic carbocycles. The monoisotopic (exact) mass is 195 g/mol. The number of carbonyl (C=O) groups excluding carboxylic acids is 1. The Labute approximate surface area is 79.8 Å². The fraction of sp³-hybridized carbons (Fsp3) is 0.111. The zero-order chi connectivity index (χ0) is 10.7. The third-order valence-corrected chi connectivity index (χ3v) is 1.72. The van der Waals surface area contributed by atoms with Gasteiger partial charge >= 0.3 is 5.97 Å². The van der Waals surface area contributed by atoms with Gasteiger partial charge in [-0.25, -0.2) is 4.79 Å². The fourth-order valence-corrected chi connectivity index (χ4v) is 1.00. The van der Waals surface area contributed by atoms with Crippen molar-refractivity contribution in [3.05, 3.63) is 35.4 Å². The largest absolute Gasteiger partial charge is 0.479 e. The molecule has 5 heteroatoms. The minimum Gasteiger partial charge on any atom is -0.479 e. The quantitative estimate of drug-likeness (QED) is 0.627. The number of rotatable bonds is 3. The third kappa shape index (κ3) is 2.08. The van der Waals surface area contributed by atoms with Crippen molar-refractivity contribution in [1.29, 1.82) is 0 Å². The lowest BCUT2D eigenvalue weighted by atomic mass is 10.1. The van der Waals surface area contributed by atoms with E-state index in [1.165, 1.54) is 24.3 Å². The maximum atomic E-state index is 10.7. The van der Waals surface area contributed by atoms with Crippen molar-refractivity contribution >= 4 is 11.9 Å². The number of aliphatic hydroxyl groups is 1. The van der Waals surface area contributed by atoms with Crippen LogP contribution in [0.4, 0.5) is 0 Å². The molecule has 1 amide bonds. The predicted molar refractivity (Wildman–Crippen MR) is 47.6 cm³/mol. The molecule has 1 unspecified atom stereocenters. The summed E-state index contributed by atoms with van der Waals surface area (Å²) in [6.07, 6.45) is -1.63. The lowest BCUT2D eigenvalue weighted by Gasteiger charge is -2.06. The molecule has 0 saturated carbocycles. The zero-order valence-corrected chi connectivity index (χ0v) is 7.18. The molecule has 1 aromatic rings. The predicted octanol–water partition coefficient (Wildman–Crippen LogP) is -0.0965. The summed E-state index contributed by atoms with van der Waals surface area (Å²) in [5.74, 6) is -2.03. The second kappa shape index (κ2) is 3.89. The molecule has 1 rings (SSSR count). The number of aliphatic hydroxyl groups excluding tert-OH is 1. The molecule has 0 aliphatic carbocycles. The first kappa shape index (κ1) is 10.2. The van der Waals surface area contributed by atoms with Gasteiger partial charge in [-0.05, 0) is 17.7 Å². The Morgan fingerprint density at radius 1 is 1.36 bits per heavy atom. The van der Waals surface area contributed by atoms with Crippen LogP contribution in [0.25, 0.3) is 0 Å². The highest BCUT2D eigenvalue weighted by molar-refractivity contribution is 5.93. The number of carboxylic acids is 1. The van der Waals surface area contributed by atoms with Crippen molar-refractivity contribution in [3.63, 3.8) is 0 Å². The molecular weight excluding hydrogens is 186 g/mol. The van der Waals surface area contributed by atoms with Crippen LogP contribution in [0.2, 0.25) is 0 Å². The standard InChI is InChI=1S/C9H9NO4/c10-8(12)6-3-1-2-5(4-6)7(11)9(13)14/h1-4,7,11H,(H2,10,12)(H,13,14). The van der Waals surface area contributed by atoms with E-state index in [9.17, 15) is 9.59 Å². The Bertz CT molecular complexity index is 375. The van der Waals surface area contributed by atoms with Crippen molar-refractivity contribution in [2.24, 2.45) is 5.73 Å². The van der Waals surface area contributed by atoms with Crippen molar-refractivity contribution in [2.45, 2.75) is 6.10 Å². The first-order valence-corrected chi connectivity index (χ1v) is 3.83. The number of benzene rings is 1. The van der Waals surface area contributed by atoms with Gasteiger partial charge < -0.3 is 15.9 Å². The zero-order valence-electron chi connectivity index (χ0n) is 7.18. The number of hydrogen-bond donors (Lipinski definition) is 3. The SMILES string of the molecule is NC(=O)c1cccc(C(O)C(=O)O)c1. The maximum absolute atomic E-state index is 10.7. The highest BCUT2D eigenvalue weighted by atomic mass is 16.4. The van der Waals surface area contributed by atoms with Gasteiger partial charge in [-0.2, -0.15) is 0 Å². The second-order valence-electron chi connectivity index (χ2n) is 2.73. The summed E-state index contributed by atoms with van der Waals surface area (Å²) < 4.78 is 0. The van der Waals surface area contributed by atoms with Crippen molar-refractivity contribution in [3.8, 4) is 0 Å². The maximum Gasteiger partial charge on any atom is 0.337 e. The first-order chi connectivity index (χ1) is 6.52. The molecular formula is C9H9NO4. The number of amides is 1. The van der Waals surface area contributed by atoms with E-state index in [2.05, 4.69) is 0 Å². The summed E-state index contributed by atoms with van der Waals surface area (Å²) in [6, 6.07) is 5.56. The molecule has 1 atom stereocenters. The Morgan fingerprint density at radius 3 is 2.50 bits per heavy atom. The van der Waals surface area contributed by atoms with Crippen molar-refractivity contribution < 1.29 is 19.8 Å². The van der Waals surface area contributed by atoms with E-state index < -0.39 is 18.0 Å². The average molecular weight is 195 g/mol. The Kier molecular flexibility index (Phi) is 2.83. The van der Waals surface area contributed by atoms with E-state index in [0.717, 1.165) is 0 Å². The molecule has 0 heterocycles. The van der Waals surface area contributed by atoms with Gasteiger partial charge in [0.05, 0.1) is 0 Å². The van der Waals surface area contributed by atoms with E-state index >= 15 is 0 Å². The molecule has 5 nitrogen and oxygen atoms in total. The topological polar surface area (TPSA) is 101 Å². The third-order valence-electron chi connectivity index (χ3n) is 1.72. The lowest BCUT2D eigenvalue weighted by Crippen LogP contribution is -2.14. The van der Waals surface area contributed by atoms with Gasteiger partial charge in [0.25, 0.3) is 0 Å². The summed E-state index contributed by atoms with van der Waals surface area (Å²) in [5.41, 5.74) is 5.29. The van der Waals surface area contributed by atoms with Crippen LogP contribution in [0.3, 0.4) is 0 Å². The molecule has 0 fully saturated rings. The van der Waals surface area contributed by atoms with Crippen LogP contribution in [0, 0.1) is 0 Å². The van der Waals surface area contributed by atoms with Gasteiger partial charge in [-0.15, -0.1) is 0 Å². The van der Waals surface area contributed by atoms with E-state index in [4.69, 9.17) is 15.9 Å². The molecule has 0 aliphatic rings. The van der Waals surface area contributed by atoms with Gasteiger partial charge in [0.2, 0.25) is 5.91 Å². The number of carbonyl (C=O) groups is 2. The van der Waals surface area contributed by atoms with Crippen LogP contribution in [0.1, 0.15) is 22.0 Å². The number of hydrogen-bond acceptors (Lipinski definition) is 3. The molecule has 4 N–H and O–H groups in total. The highest BCUT2D eigenvalue weighted by Gasteiger charge is 2.16. The molecule has 0 bridgehead atoms. The number of primary amides is 1. The lowest BCUT2D eigenvalue weighted by molar-refractivity contribution is -0.146. The van der Waals surface area contributed by atoms with Gasteiger partial charge in [0.1, 0.15) is 0 Å². The van der Waals surface area contributed by atoms with E-state index in [-0.39, 0.29) is 11.1 Å². The van der Waals surface area contributed by atoms with Crippen molar-refractivity contribution in [1.82, 2.24) is 0 Å². The van der Waals surface area contributed by atoms with Crippen LogP contribution >= 0.6 is 0 Å². The van der Waals surface area contributed by atoms with Gasteiger partial charge in [-0.3, -0.25) is 4.79 Å². The minimum absolute atomic E-state index is 0.133. The van der Waals surface area contributed by atoms with E-state index in [1.54, 1.807) is 0 Å². The summed E-state index contributed by atoms with van der Waals surface area (Å²) >= 11 is 0. The minimum atomic E-state index is -1.63. The summed E-state index contributed by atoms with van der Waals surface area (Å²) in [6.45, 7) is 0. The molecule has 0 spiro atoms. The Hall–Kier alpha value is -1.88. The van der Waals surface area contributed by atoms with E-state index in [1.807, 2.05) is 0 Å². The van der Waals surface area contributed by atoms with Crippen LogP contribution in [0.5, 0.6) is 0 Å². The Morgan fingerprint density at radius 2 is 2.00 bits per heavy atom. The molecule has 0 saturated heterocycles. The van der Waals surface area contributed by atoms with Crippen LogP contribution in [-0.4, -0.2) is 22.1 Å². The van der Waals surface area contributed by atoms with Gasteiger partial charge in [0, 0.05) is 5.56 Å². The normalized spacial score (nSPS) is 12.1. The average Bonchev–Trinajstić information content (AvgIpc) is 2.16. The molecule has 74 valence electrons. The highest BCUT2D eigenvalue weighted by Crippen LogP contribution is 2.14. The van der Waals surface area contributed by atoms with Gasteiger partial charge in [0.15, 0.2) is 6.10 Å². The van der Waals surface area contributed by atoms with E-state index in [0.29, 0.717) is 0 Å². The van der Waals surface area contributed by atoms with Crippen LogP contribution < -0.4 is 5.73 Å². The number of nitrogens with two attached hydrogens (primary N) is 1. The summed E-state index contributed by atoms with van der Waals surface area (Å²) in [7, 11) is 0. The Balaban J connectivity index is 3.05. The number of carboxylic acid groups (broad SMARTS) is 1. The first-order valence-electron chi connectivity index (χ1n) is 3.83. The molecule has 0 aromatic heterocycles.